The number of hydrogen-bond donors (Lipinski definition) is 1. The highest BCUT2D eigenvalue weighted by atomic mass is 32.2. The molecule has 0 aliphatic rings. The Morgan fingerprint density at radius 3 is 2.85 bits per heavy atom. The lowest BCUT2D eigenvalue weighted by Gasteiger charge is -2.12. The fraction of sp³-hybridized carbons (Fsp3) is 0.526. The number of ether oxygens (including phenoxy) is 1. The summed E-state index contributed by atoms with van der Waals surface area (Å²) in [6.07, 6.45) is 3.64. The third kappa shape index (κ3) is 5.85. The molecular formula is C19H28N4O2S. The van der Waals surface area contributed by atoms with Gasteiger partial charge in [0.1, 0.15) is 5.82 Å². The van der Waals surface area contributed by atoms with Crippen LogP contribution in [0.1, 0.15) is 42.0 Å². The summed E-state index contributed by atoms with van der Waals surface area (Å²) in [7, 11) is 1.65. The van der Waals surface area contributed by atoms with Gasteiger partial charge >= 0.3 is 0 Å². The second-order valence-electron chi connectivity index (χ2n) is 6.60. The van der Waals surface area contributed by atoms with Gasteiger partial charge in [-0.05, 0) is 36.3 Å². The Hall–Kier alpha value is -1.86. The van der Waals surface area contributed by atoms with Gasteiger partial charge in [0.2, 0.25) is 0 Å². The molecule has 2 rings (SSSR count). The van der Waals surface area contributed by atoms with Gasteiger partial charge in [-0.2, -0.15) is 0 Å². The zero-order valence-electron chi connectivity index (χ0n) is 16.0. The van der Waals surface area contributed by atoms with Crippen LogP contribution in [-0.2, 0) is 24.3 Å². The number of benzene rings is 1. The number of methoxy groups -OCH3 is 1. The summed E-state index contributed by atoms with van der Waals surface area (Å²) in [6, 6.07) is 7.51. The lowest BCUT2D eigenvalue weighted by atomic mass is 10.1. The van der Waals surface area contributed by atoms with Crippen molar-refractivity contribution in [1.82, 2.24) is 20.1 Å². The van der Waals surface area contributed by atoms with Crippen LogP contribution < -0.4 is 5.32 Å². The number of nitrogens with one attached hydrogen (secondary N) is 1. The summed E-state index contributed by atoms with van der Waals surface area (Å²) in [5.41, 5.74) is 1.65. The van der Waals surface area contributed by atoms with Gasteiger partial charge in [0, 0.05) is 32.2 Å². The van der Waals surface area contributed by atoms with Gasteiger partial charge in [-0.25, -0.2) is 0 Å². The fourth-order valence-corrected chi connectivity index (χ4v) is 3.25. The maximum absolute atomic E-state index is 12.3. The van der Waals surface area contributed by atoms with Crippen molar-refractivity contribution < 1.29 is 9.53 Å². The van der Waals surface area contributed by atoms with Gasteiger partial charge in [-0.1, -0.05) is 37.7 Å². The summed E-state index contributed by atoms with van der Waals surface area (Å²) in [4.78, 5) is 12.3. The molecule has 26 heavy (non-hydrogen) atoms. The summed E-state index contributed by atoms with van der Waals surface area (Å²) in [5, 5.41) is 12.5. The molecule has 0 saturated carbocycles. The number of hydrogen-bond acceptors (Lipinski definition) is 5. The van der Waals surface area contributed by atoms with Gasteiger partial charge < -0.3 is 14.6 Å². The van der Waals surface area contributed by atoms with Crippen molar-refractivity contribution >= 4 is 17.7 Å². The molecule has 7 heteroatoms. The van der Waals surface area contributed by atoms with Crippen molar-refractivity contribution in [1.29, 1.82) is 0 Å². The van der Waals surface area contributed by atoms with E-state index in [0.29, 0.717) is 24.6 Å². The second kappa shape index (κ2) is 10.3. The molecule has 1 amide bonds. The highest BCUT2D eigenvalue weighted by Gasteiger charge is 2.12. The summed E-state index contributed by atoms with van der Waals surface area (Å²) in [5.74, 6) is 1.46. The maximum Gasteiger partial charge on any atom is 0.251 e. The lowest BCUT2D eigenvalue weighted by Crippen LogP contribution is -2.25. The molecule has 0 aliphatic heterocycles. The molecule has 0 atom stereocenters. The predicted octanol–water partition coefficient (Wildman–Crippen LogP) is 3.17. The largest absolute Gasteiger partial charge is 0.380 e. The summed E-state index contributed by atoms with van der Waals surface area (Å²) >= 11 is 1.61. The number of amides is 1. The normalized spacial score (nSPS) is 11.1. The zero-order chi connectivity index (χ0) is 18.9. The molecule has 6 nitrogen and oxygen atoms in total. The summed E-state index contributed by atoms with van der Waals surface area (Å²) < 4.78 is 7.30. The van der Waals surface area contributed by atoms with E-state index in [-0.39, 0.29) is 5.91 Å². The van der Waals surface area contributed by atoms with Gasteiger partial charge in [-0.3, -0.25) is 4.79 Å². The molecule has 2 aromatic rings. The molecule has 0 bridgehead atoms. The molecule has 0 radical (unpaired) electrons. The van der Waals surface area contributed by atoms with Crippen LogP contribution in [0.2, 0.25) is 0 Å². The Bertz CT molecular complexity index is 715. The molecule has 1 N–H and O–H groups in total. The first kappa shape index (κ1) is 20.5. The van der Waals surface area contributed by atoms with Crippen molar-refractivity contribution in [3.8, 4) is 0 Å². The topological polar surface area (TPSA) is 69.0 Å². The van der Waals surface area contributed by atoms with Crippen molar-refractivity contribution in [3.05, 3.63) is 41.2 Å². The van der Waals surface area contributed by atoms with E-state index in [1.165, 1.54) is 0 Å². The van der Waals surface area contributed by atoms with Crippen LogP contribution in [0, 0.1) is 5.92 Å². The van der Waals surface area contributed by atoms with Crippen molar-refractivity contribution in [2.24, 2.45) is 5.92 Å². The van der Waals surface area contributed by atoms with Gasteiger partial charge in [0.15, 0.2) is 5.16 Å². The second-order valence-corrected chi connectivity index (χ2v) is 7.37. The minimum absolute atomic E-state index is 0.0589. The first-order valence-electron chi connectivity index (χ1n) is 8.87. The van der Waals surface area contributed by atoms with E-state index in [1.807, 2.05) is 30.5 Å². The smallest absolute Gasteiger partial charge is 0.251 e. The van der Waals surface area contributed by atoms with Crippen LogP contribution in [0.3, 0.4) is 0 Å². The number of carbonyl (C=O) groups is 1. The highest BCUT2D eigenvalue weighted by Crippen LogP contribution is 2.16. The van der Waals surface area contributed by atoms with E-state index in [2.05, 4.69) is 33.9 Å². The van der Waals surface area contributed by atoms with E-state index in [0.717, 1.165) is 35.9 Å². The first-order chi connectivity index (χ1) is 12.5. The zero-order valence-corrected chi connectivity index (χ0v) is 16.8. The Morgan fingerprint density at radius 1 is 1.35 bits per heavy atom. The molecule has 0 spiro atoms. The molecular weight excluding hydrogens is 348 g/mol. The number of aryl methyl sites for hydroxylation is 1. The standard InChI is InChI=1S/C19H28N4O2S/c1-14(2)12-23-17(21-22-19(23)26-4)9-6-10-20-18(24)16-8-5-7-15(11-16)13-25-3/h5,7-8,11,14H,6,9-10,12-13H2,1-4H3,(H,20,24). The number of thioether (sulfide) groups is 1. The van der Waals surface area contributed by atoms with Crippen molar-refractivity contribution in [3.63, 3.8) is 0 Å². The molecule has 142 valence electrons. The van der Waals surface area contributed by atoms with E-state index in [1.54, 1.807) is 18.9 Å². The van der Waals surface area contributed by atoms with E-state index < -0.39 is 0 Å². The Labute approximate surface area is 159 Å². The van der Waals surface area contributed by atoms with Crippen LogP contribution in [0.5, 0.6) is 0 Å². The molecule has 1 aromatic carbocycles. The monoisotopic (exact) mass is 376 g/mol. The average molecular weight is 377 g/mol. The maximum atomic E-state index is 12.3. The summed E-state index contributed by atoms with van der Waals surface area (Å²) in [6.45, 7) is 6.40. The van der Waals surface area contributed by atoms with Crippen LogP contribution in [0.15, 0.2) is 29.4 Å². The van der Waals surface area contributed by atoms with Crippen LogP contribution >= 0.6 is 11.8 Å². The van der Waals surface area contributed by atoms with Gasteiger partial charge in [0.05, 0.1) is 6.61 Å². The van der Waals surface area contributed by atoms with Crippen molar-refractivity contribution in [2.75, 3.05) is 19.9 Å². The van der Waals surface area contributed by atoms with E-state index in [9.17, 15) is 4.79 Å². The van der Waals surface area contributed by atoms with E-state index in [4.69, 9.17) is 4.74 Å². The third-order valence-corrected chi connectivity index (χ3v) is 4.55. The number of nitrogens with zero attached hydrogens (tertiary/aromatic N) is 3. The van der Waals surface area contributed by atoms with Gasteiger partial charge in [-0.15, -0.1) is 10.2 Å². The van der Waals surface area contributed by atoms with Crippen LogP contribution in [-0.4, -0.2) is 40.6 Å². The minimum atomic E-state index is -0.0589. The SMILES string of the molecule is COCc1cccc(C(=O)NCCCc2nnc(SC)n2CC(C)C)c1. The minimum Gasteiger partial charge on any atom is -0.380 e. The Balaban J connectivity index is 1.86. The molecule has 0 fully saturated rings. The lowest BCUT2D eigenvalue weighted by molar-refractivity contribution is 0.0953. The highest BCUT2D eigenvalue weighted by molar-refractivity contribution is 7.98. The molecule has 0 saturated heterocycles. The van der Waals surface area contributed by atoms with Crippen LogP contribution in [0.25, 0.3) is 0 Å². The molecule has 0 aliphatic carbocycles. The third-order valence-electron chi connectivity index (χ3n) is 3.89. The molecule has 1 aromatic heterocycles. The fourth-order valence-electron chi connectivity index (χ4n) is 2.72. The number of carbonyl (C=O) groups excluding carboxylic acids is 1. The van der Waals surface area contributed by atoms with E-state index >= 15 is 0 Å². The van der Waals surface area contributed by atoms with Crippen molar-refractivity contribution in [2.45, 2.75) is 45.0 Å². The Morgan fingerprint density at radius 2 is 2.15 bits per heavy atom. The van der Waals surface area contributed by atoms with Crippen LogP contribution in [0.4, 0.5) is 0 Å². The average Bonchev–Trinajstić information content (AvgIpc) is 3.00. The van der Waals surface area contributed by atoms with Gasteiger partial charge in [0.25, 0.3) is 5.91 Å². The predicted molar refractivity (Wildman–Crippen MR) is 104 cm³/mol. The first-order valence-corrected chi connectivity index (χ1v) is 10.1. The quantitative estimate of drug-likeness (QED) is 0.509. The number of rotatable bonds is 10. The molecule has 1 heterocycles. The molecule has 0 unspecified atom stereocenters. The Kier molecular flexibility index (Phi) is 8.12. The number of aromatic nitrogens is 3.